The number of rotatable bonds is 5. The molecule has 0 aliphatic rings. The number of carbonyl (C=O) groups is 1. The fourth-order valence-corrected chi connectivity index (χ4v) is 1.95. The van der Waals surface area contributed by atoms with E-state index in [2.05, 4.69) is 5.10 Å². The lowest BCUT2D eigenvalue weighted by Crippen LogP contribution is -2.12. The first-order valence-corrected chi connectivity index (χ1v) is 6.55. The van der Waals surface area contributed by atoms with E-state index in [1.807, 2.05) is 0 Å². The van der Waals surface area contributed by atoms with Crippen LogP contribution in [-0.2, 0) is 11.8 Å². The summed E-state index contributed by atoms with van der Waals surface area (Å²) in [6.45, 7) is 0.319. The monoisotopic (exact) mass is 314 g/mol. The molecule has 2 rings (SSSR count). The molecular formula is C13H12Cl2N2O3. The van der Waals surface area contributed by atoms with Crippen molar-refractivity contribution in [2.24, 2.45) is 7.05 Å². The third-order valence-corrected chi connectivity index (χ3v) is 2.94. The minimum atomic E-state index is -0.441. The third kappa shape index (κ3) is 3.88. The Balaban J connectivity index is 1.77. The van der Waals surface area contributed by atoms with Crippen molar-refractivity contribution in [2.45, 2.75) is 0 Å². The highest BCUT2D eigenvalue weighted by Gasteiger charge is 2.09. The molecule has 0 aliphatic heterocycles. The van der Waals surface area contributed by atoms with Crippen LogP contribution in [0.4, 0.5) is 0 Å². The number of esters is 1. The third-order valence-electron chi connectivity index (χ3n) is 2.41. The minimum Gasteiger partial charge on any atom is -0.488 e. The molecule has 2 aromatic rings. The number of nitrogens with zero attached hydrogens (tertiary/aromatic N) is 2. The zero-order valence-corrected chi connectivity index (χ0v) is 12.2. The minimum absolute atomic E-state index is 0.118. The summed E-state index contributed by atoms with van der Waals surface area (Å²) in [4.78, 5) is 11.6. The molecule has 0 radical (unpaired) electrons. The second kappa shape index (κ2) is 6.63. The van der Waals surface area contributed by atoms with Crippen molar-refractivity contribution in [1.82, 2.24) is 9.78 Å². The summed E-state index contributed by atoms with van der Waals surface area (Å²) < 4.78 is 12.0. The predicted octanol–water partition coefficient (Wildman–Crippen LogP) is 2.96. The van der Waals surface area contributed by atoms with Crippen LogP contribution in [-0.4, -0.2) is 29.0 Å². The smallest absolute Gasteiger partial charge is 0.341 e. The summed E-state index contributed by atoms with van der Waals surface area (Å²) in [6, 6.07) is 4.91. The van der Waals surface area contributed by atoms with Crippen LogP contribution in [0.1, 0.15) is 10.4 Å². The van der Waals surface area contributed by atoms with Gasteiger partial charge in [0.05, 0.1) is 16.8 Å². The molecular weight excluding hydrogens is 303 g/mol. The van der Waals surface area contributed by atoms with Crippen LogP contribution < -0.4 is 4.74 Å². The summed E-state index contributed by atoms with van der Waals surface area (Å²) in [7, 11) is 1.72. The van der Waals surface area contributed by atoms with Crippen LogP contribution in [0.2, 0.25) is 10.0 Å². The molecule has 0 saturated heterocycles. The first-order chi connectivity index (χ1) is 9.56. The van der Waals surface area contributed by atoms with Gasteiger partial charge in [-0.2, -0.15) is 5.10 Å². The van der Waals surface area contributed by atoms with Crippen LogP contribution in [0.3, 0.4) is 0 Å². The maximum atomic E-state index is 11.6. The molecule has 0 N–H and O–H groups in total. The maximum Gasteiger partial charge on any atom is 0.341 e. The summed E-state index contributed by atoms with van der Waals surface area (Å²) in [5.74, 6) is 0.0531. The number of halogens is 2. The van der Waals surface area contributed by atoms with Crippen molar-refractivity contribution in [2.75, 3.05) is 13.2 Å². The van der Waals surface area contributed by atoms with Crippen LogP contribution in [0.5, 0.6) is 5.75 Å². The van der Waals surface area contributed by atoms with Crippen molar-refractivity contribution < 1.29 is 14.3 Å². The number of hydrogen-bond donors (Lipinski definition) is 0. The summed E-state index contributed by atoms with van der Waals surface area (Å²) in [6.07, 6.45) is 3.03. The number of hydrogen-bond acceptors (Lipinski definition) is 4. The molecule has 0 atom stereocenters. The van der Waals surface area contributed by atoms with E-state index in [4.69, 9.17) is 32.7 Å². The topological polar surface area (TPSA) is 53.4 Å². The average molecular weight is 315 g/mol. The summed E-state index contributed by atoms with van der Waals surface area (Å²) in [5.41, 5.74) is 0.400. The van der Waals surface area contributed by atoms with Crippen molar-refractivity contribution >= 4 is 29.2 Å². The Hall–Kier alpha value is -1.72. The van der Waals surface area contributed by atoms with Crippen LogP contribution in [0.25, 0.3) is 0 Å². The lowest BCUT2D eigenvalue weighted by atomic mass is 10.3. The highest BCUT2D eigenvalue weighted by molar-refractivity contribution is 6.35. The van der Waals surface area contributed by atoms with Crippen molar-refractivity contribution in [3.8, 4) is 5.75 Å². The van der Waals surface area contributed by atoms with E-state index in [0.717, 1.165) is 0 Å². The highest BCUT2D eigenvalue weighted by atomic mass is 35.5. The van der Waals surface area contributed by atoms with E-state index in [1.165, 1.54) is 10.9 Å². The molecule has 0 spiro atoms. The summed E-state index contributed by atoms with van der Waals surface area (Å²) >= 11 is 11.7. The first kappa shape index (κ1) is 14.7. The van der Waals surface area contributed by atoms with Gasteiger partial charge in [0.1, 0.15) is 19.0 Å². The molecule has 106 valence electrons. The van der Waals surface area contributed by atoms with Crippen LogP contribution in [0.15, 0.2) is 30.6 Å². The molecule has 1 aromatic heterocycles. The zero-order chi connectivity index (χ0) is 14.5. The van der Waals surface area contributed by atoms with E-state index in [-0.39, 0.29) is 13.2 Å². The average Bonchev–Trinajstić information content (AvgIpc) is 2.83. The number of aromatic nitrogens is 2. The van der Waals surface area contributed by atoms with Crippen LogP contribution in [0, 0.1) is 0 Å². The molecule has 1 heterocycles. The fourth-order valence-electron chi connectivity index (χ4n) is 1.49. The van der Waals surface area contributed by atoms with Gasteiger partial charge in [-0.1, -0.05) is 23.2 Å². The molecule has 0 aliphatic carbocycles. The molecule has 0 amide bonds. The molecule has 0 unspecified atom stereocenters. The van der Waals surface area contributed by atoms with E-state index in [1.54, 1.807) is 31.4 Å². The Kier molecular flexibility index (Phi) is 4.87. The highest BCUT2D eigenvalue weighted by Crippen LogP contribution is 2.27. The molecule has 7 heteroatoms. The number of carbonyl (C=O) groups excluding carboxylic acids is 1. The quantitative estimate of drug-likeness (QED) is 0.629. The number of ether oxygens (including phenoxy) is 2. The molecule has 0 bridgehead atoms. The predicted molar refractivity (Wildman–Crippen MR) is 75.4 cm³/mol. The Morgan fingerprint density at radius 3 is 2.80 bits per heavy atom. The van der Waals surface area contributed by atoms with Crippen molar-refractivity contribution in [3.05, 3.63) is 46.2 Å². The lowest BCUT2D eigenvalue weighted by molar-refractivity contribution is 0.0450. The standard InChI is InChI=1S/C13H12Cl2N2O3/c1-17-8-9(7-16-17)13(18)20-5-4-19-12-3-2-10(14)6-11(12)15/h2-3,6-8H,4-5H2,1H3. The largest absolute Gasteiger partial charge is 0.488 e. The molecule has 1 aromatic carbocycles. The van der Waals surface area contributed by atoms with Gasteiger partial charge in [0.15, 0.2) is 0 Å². The normalized spacial score (nSPS) is 10.3. The maximum absolute atomic E-state index is 11.6. The molecule has 5 nitrogen and oxygen atoms in total. The van der Waals surface area contributed by atoms with Gasteiger partial charge in [0.25, 0.3) is 0 Å². The van der Waals surface area contributed by atoms with Gasteiger partial charge < -0.3 is 9.47 Å². The SMILES string of the molecule is Cn1cc(C(=O)OCCOc2ccc(Cl)cc2Cl)cn1. The molecule has 0 saturated carbocycles. The Labute approximate surface area is 126 Å². The van der Waals surface area contributed by atoms with Crippen molar-refractivity contribution in [3.63, 3.8) is 0 Å². The molecule has 0 fully saturated rings. The van der Waals surface area contributed by atoms with Gasteiger partial charge in [0.2, 0.25) is 0 Å². The second-order valence-corrected chi connectivity index (χ2v) is 4.81. The zero-order valence-electron chi connectivity index (χ0n) is 10.7. The number of benzene rings is 1. The Morgan fingerprint density at radius 1 is 1.35 bits per heavy atom. The van der Waals surface area contributed by atoms with Gasteiger partial charge in [-0.15, -0.1) is 0 Å². The first-order valence-electron chi connectivity index (χ1n) is 5.80. The Bertz CT molecular complexity index is 613. The lowest BCUT2D eigenvalue weighted by Gasteiger charge is -2.08. The van der Waals surface area contributed by atoms with E-state index in [0.29, 0.717) is 21.4 Å². The molecule has 20 heavy (non-hydrogen) atoms. The number of aryl methyl sites for hydroxylation is 1. The van der Waals surface area contributed by atoms with Gasteiger partial charge in [-0.05, 0) is 18.2 Å². The second-order valence-electron chi connectivity index (χ2n) is 3.96. The van der Waals surface area contributed by atoms with Gasteiger partial charge in [-0.3, -0.25) is 4.68 Å². The van der Waals surface area contributed by atoms with E-state index < -0.39 is 5.97 Å². The van der Waals surface area contributed by atoms with Gasteiger partial charge >= 0.3 is 5.97 Å². The van der Waals surface area contributed by atoms with Gasteiger partial charge in [-0.25, -0.2) is 4.79 Å². The Morgan fingerprint density at radius 2 is 2.15 bits per heavy atom. The van der Waals surface area contributed by atoms with Crippen LogP contribution >= 0.6 is 23.2 Å². The van der Waals surface area contributed by atoms with Gasteiger partial charge in [0, 0.05) is 18.3 Å². The van der Waals surface area contributed by atoms with Crippen molar-refractivity contribution in [1.29, 1.82) is 0 Å². The summed E-state index contributed by atoms with van der Waals surface area (Å²) in [5, 5.41) is 4.83. The van der Waals surface area contributed by atoms with E-state index in [9.17, 15) is 4.79 Å². The van der Waals surface area contributed by atoms with E-state index >= 15 is 0 Å². The fraction of sp³-hybridized carbons (Fsp3) is 0.231.